The molecule has 0 aliphatic heterocycles. The van der Waals surface area contributed by atoms with E-state index in [0.29, 0.717) is 0 Å². The molecule has 1 aromatic carbocycles. The number of aryl methyl sites for hydroxylation is 1. The van der Waals surface area contributed by atoms with Gasteiger partial charge in [-0.05, 0) is 51.1 Å². The molecule has 1 aromatic heterocycles. The highest BCUT2D eigenvalue weighted by atomic mass is 16.5. The van der Waals surface area contributed by atoms with E-state index in [-0.39, 0.29) is 0 Å². The molecule has 0 amide bonds. The number of likely N-dealkylation sites (N-methyl/N-ethyl adjacent to an activating group) is 1. The summed E-state index contributed by atoms with van der Waals surface area (Å²) in [4.78, 5) is 0. The zero-order valence-electron chi connectivity index (χ0n) is 12.7. The first-order valence-corrected chi connectivity index (χ1v) is 7.07. The van der Waals surface area contributed by atoms with Crippen LogP contribution < -0.4 is 10.1 Å². The van der Waals surface area contributed by atoms with Gasteiger partial charge >= 0.3 is 0 Å². The molecule has 1 heterocycles. The molecule has 20 heavy (non-hydrogen) atoms. The van der Waals surface area contributed by atoms with Crippen LogP contribution in [0.2, 0.25) is 0 Å². The third-order valence-corrected chi connectivity index (χ3v) is 3.54. The molecule has 0 aliphatic rings. The molecular weight excluding hydrogens is 250 g/mol. The lowest BCUT2D eigenvalue weighted by molar-refractivity contribution is 0.414. The topological polar surface area (TPSA) is 39.1 Å². The smallest absolute Gasteiger partial charge is 0.121 e. The normalized spacial score (nSPS) is 10.8. The molecule has 0 spiro atoms. The SMILES string of the molecule is CCNCCc1c(C)nn(-c2cccc(OC)c2)c1C. The van der Waals surface area contributed by atoms with Gasteiger partial charge in [0.25, 0.3) is 0 Å². The Kier molecular flexibility index (Phi) is 4.79. The Balaban J connectivity index is 2.30. The summed E-state index contributed by atoms with van der Waals surface area (Å²) in [5.41, 5.74) is 4.67. The van der Waals surface area contributed by atoms with Gasteiger partial charge in [0.2, 0.25) is 0 Å². The second-order valence-electron chi connectivity index (χ2n) is 4.87. The molecule has 0 fully saturated rings. The summed E-state index contributed by atoms with van der Waals surface area (Å²) in [5, 5.41) is 8.03. The van der Waals surface area contributed by atoms with E-state index in [2.05, 4.69) is 37.3 Å². The van der Waals surface area contributed by atoms with Crippen molar-refractivity contribution in [2.45, 2.75) is 27.2 Å². The van der Waals surface area contributed by atoms with E-state index >= 15 is 0 Å². The van der Waals surface area contributed by atoms with Crippen LogP contribution in [-0.4, -0.2) is 30.0 Å². The molecule has 0 radical (unpaired) electrons. The van der Waals surface area contributed by atoms with Crippen molar-refractivity contribution in [3.8, 4) is 11.4 Å². The fourth-order valence-electron chi connectivity index (χ4n) is 2.42. The molecule has 0 atom stereocenters. The number of hydrogen-bond donors (Lipinski definition) is 1. The van der Waals surface area contributed by atoms with Gasteiger partial charge in [-0.1, -0.05) is 13.0 Å². The molecule has 2 aromatic rings. The molecular formula is C16H23N3O. The van der Waals surface area contributed by atoms with E-state index in [1.807, 2.05) is 22.9 Å². The largest absolute Gasteiger partial charge is 0.497 e. The van der Waals surface area contributed by atoms with Gasteiger partial charge < -0.3 is 10.1 Å². The van der Waals surface area contributed by atoms with Crippen LogP contribution in [-0.2, 0) is 6.42 Å². The lowest BCUT2D eigenvalue weighted by atomic mass is 10.1. The fourth-order valence-corrected chi connectivity index (χ4v) is 2.42. The van der Waals surface area contributed by atoms with Gasteiger partial charge in [-0.3, -0.25) is 0 Å². The van der Waals surface area contributed by atoms with Gasteiger partial charge in [-0.2, -0.15) is 5.10 Å². The molecule has 4 nitrogen and oxygen atoms in total. The van der Waals surface area contributed by atoms with Gasteiger partial charge in [-0.25, -0.2) is 4.68 Å². The first-order chi connectivity index (χ1) is 9.67. The van der Waals surface area contributed by atoms with Crippen LogP contribution in [0.5, 0.6) is 5.75 Å². The molecule has 0 unspecified atom stereocenters. The van der Waals surface area contributed by atoms with Gasteiger partial charge in [0.1, 0.15) is 5.75 Å². The van der Waals surface area contributed by atoms with Crippen LogP contribution in [0.1, 0.15) is 23.9 Å². The molecule has 0 aliphatic carbocycles. The van der Waals surface area contributed by atoms with Crippen LogP contribution in [0.3, 0.4) is 0 Å². The van der Waals surface area contributed by atoms with E-state index in [1.165, 1.54) is 11.3 Å². The Morgan fingerprint density at radius 1 is 1.30 bits per heavy atom. The van der Waals surface area contributed by atoms with Gasteiger partial charge in [0.15, 0.2) is 0 Å². The van der Waals surface area contributed by atoms with Crippen molar-refractivity contribution in [1.29, 1.82) is 0 Å². The molecule has 4 heteroatoms. The summed E-state index contributed by atoms with van der Waals surface area (Å²) in [6, 6.07) is 7.99. The zero-order valence-corrected chi connectivity index (χ0v) is 12.7. The Morgan fingerprint density at radius 2 is 2.10 bits per heavy atom. The van der Waals surface area contributed by atoms with Gasteiger partial charge in [-0.15, -0.1) is 0 Å². The predicted molar refractivity (Wildman–Crippen MR) is 81.8 cm³/mol. The number of methoxy groups -OCH3 is 1. The Bertz CT molecular complexity index is 575. The maximum atomic E-state index is 5.28. The van der Waals surface area contributed by atoms with Crippen LogP contribution in [0.25, 0.3) is 5.69 Å². The quantitative estimate of drug-likeness (QED) is 0.822. The number of ether oxygens (including phenoxy) is 1. The summed E-state index contributed by atoms with van der Waals surface area (Å²) in [5.74, 6) is 0.851. The van der Waals surface area contributed by atoms with Crippen molar-refractivity contribution in [3.05, 3.63) is 41.2 Å². The highest BCUT2D eigenvalue weighted by molar-refractivity contribution is 5.42. The minimum Gasteiger partial charge on any atom is -0.497 e. The molecule has 0 saturated carbocycles. The lowest BCUT2D eigenvalue weighted by Gasteiger charge is -2.07. The number of hydrogen-bond acceptors (Lipinski definition) is 3. The monoisotopic (exact) mass is 273 g/mol. The van der Waals surface area contributed by atoms with E-state index in [4.69, 9.17) is 4.74 Å². The fraction of sp³-hybridized carbons (Fsp3) is 0.438. The number of rotatable bonds is 6. The second kappa shape index (κ2) is 6.57. The number of nitrogens with one attached hydrogen (secondary N) is 1. The Morgan fingerprint density at radius 3 is 2.80 bits per heavy atom. The number of aromatic nitrogens is 2. The van der Waals surface area contributed by atoms with E-state index in [9.17, 15) is 0 Å². The Hall–Kier alpha value is -1.81. The third kappa shape index (κ3) is 3.02. The van der Waals surface area contributed by atoms with Crippen LogP contribution in [0.15, 0.2) is 24.3 Å². The summed E-state index contributed by atoms with van der Waals surface area (Å²) in [7, 11) is 1.68. The maximum Gasteiger partial charge on any atom is 0.121 e. The molecule has 2 rings (SSSR count). The zero-order chi connectivity index (χ0) is 14.5. The minimum absolute atomic E-state index is 0.851. The first-order valence-electron chi connectivity index (χ1n) is 7.07. The van der Waals surface area contributed by atoms with Gasteiger partial charge in [0.05, 0.1) is 18.5 Å². The summed E-state index contributed by atoms with van der Waals surface area (Å²) < 4.78 is 7.28. The highest BCUT2D eigenvalue weighted by Gasteiger charge is 2.12. The minimum atomic E-state index is 0.851. The van der Waals surface area contributed by atoms with Crippen molar-refractivity contribution < 1.29 is 4.74 Å². The maximum absolute atomic E-state index is 5.28. The van der Waals surface area contributed by atoms with E-state index < -0.39 is 0 Å². The molecule has 108 valence electrons. The average Bonchev–Trinajstić information content (AvgIpc) is 2.75. The molecule has 0 bridgehead atoms. The summed E-state index contributed by atoms with van der Waals surface area (Å²) in [6.45, 7) is 8.31. The van der Waals surface area contributed by atoms with Crippen LogP contribution in [0, 0.1) is 13.8 Å². The standard InChI is InChI=1S/C16H23N3O/c1-5-17-10-9-16-12(2)18-19(13(16)3)14-7-6-8-15(11-14)20-4/h6-8,11,17H,5,9-10H2,1-4H3. The van der Waals surface area contributed by atoms with Crippen molar-refractivity contribution in [2.24, 2.45) is 0 Å². The number of nitrogens with zero attached hydrogens (tertiary/aromatic N) is 2. The van der Waals surface area contributed by atoms with Crippen molar-refractivity contribution in [1.82, 2.24) is 15.1 Å². The average molecular weight is 273 g/mol. The summed E-state index contributed by atoms with van der Waals surface area (Å²) >= 11 is 0. The van der Waals surface area contributed by atoms with Crippen LogP contribution >= 0.6 is 0 Å². The number of benzene rings is 1. The first kappa shape index (κ1) is 14.6. The van der Waals surface area contributed by atoms with Gasteiger partial charge in [0, 0.05) is 11.8 Å². The highest BCUT2D eigenvalue weighted by Crippen LogP contribution is 2.21. The van der Waals surface area contributed by atoms with E-state index in [1.54, 1.807) is 7.11 Å². The van der Waals surface area contributed by atoms with Crippen molar-refractivity contribution in [3.63, 3.8) is 0 Å². The predicted octanol–water partition coefficient (Wildman–Crippen LogP) is 2.65. The molecule has 0 saturated heterocycles. The summed E-state index contributed by atoms with van der Waals surface area (Å²) in [6.07, 6.45) is 1.01. The van der Waals surface area contributed by atoms with Crippen molar-refractivity contribution in [2.75, 3.05) is 20.2 Å². The van der Waals surface area contributed by atoms with E-state index in [0.717, 1.165) is 36.6 Å². The lowest BCUT2D eigenvalue weighted by Crippen LogP contribution is -2.16. The Labute approximate surface area is 120 Å². The second-order valence-corrected chi connectivity index (χ2v) is 4.87. The van der Waals surface area contributed by atoms with Crippen LogP contribution in [0.4, 0.5) is 0 Å². The van der Waals surface area contributed by atoms with Crippen molar-refractivity contribution >= 4 is 0 Å². The third-order valence-electron chi connectivity index (χ3n) is 3.54. The molecule has 1 N–H and O–H groups in total.